The van der Waals surface area contributed by atoms with Crippen molar-refractivity contribution in [2.75, 3.05) is 25.0 Å². The summed E-state index contributed by atoms with van der Waals surface area (Å²) < 4.78 is 41.2. The van der Waals surface area contributed by atoms with Gasteiger partial charge in [0.25, 0.3) is 5.91 Å². The number of piperidine rings is 1. The summed E-state index contributed by atoms with van der Waals surface area (Å²) in [6.45, 7) is 0.459. The zero-order valence-corrected chi connectivity index (χ0v) is 14.5. The van der Waals surface area contributed by atoms with Crippen LogP contribution in [0, 0.1) is 0 Å². The number of halogens is 3. The molecule has 1 fully saturated rings. The van der Waals surface area contributed by atoms with Crippen LogP contribution in [0.3, 0.4) is 0 Å². The van der Waals surface area contributed by atoms with E-state index in [2.05, 4.69) is 25.3 Å². The Hall–Kier alpha value is -2.20. The van der Waals surface area contributed by atoms with Crippen LogP contribution in [0.1, 0.15) is 34.0 Å². The summed E-state index contributed by atoms with van der Waals surface area (Å²) in [5.41, 5.74) is 0.149. The number of amides is 1. The van der Waals surface area contributed by atoms with Gasteiger partial charge >= 0.3 is 6.18 Å². The van der Waals surface area contributed by atoms with Crippen LogP contribution in [0.5, 0.6) is 5.88 Å². The van der Waals surface area contributed by atoms with Gasteiger partial charge in [0, 0.05) is 28.9 Å². The van der Waals surface area contributed by atoms with Crippen molar-refractivity contribution in [1.82, 2.24) is 15.3 Å². The number of nitrogens with one attached hydrogen (secondary N) is 2. The Morgan fingerprint density at radius 3 is 2.85 bits per heavy atom. The van der Waals surface area contributed by atoms with Crippen LogP contribution in [-0.2, 0) is 0 Å². The average Bonchev–Trinajstić information content (AvgIpc) is 3.09. The second kappa shape index (κ2) is 8.00. The van der Waals surface area contributed by atoms with Crippen LogP contribution in [0.4, 0.5) is 18.3 Å². The highest BCUT2D eigenvalue weighted by atomic mass is 32.1. The molecule has 0 unspecified atom stereocenters. The minimum atomic E-state index is -4.47. The first kappa shape index (κ1) is 18.6. The van der Waals surface area contributed by atoms with Gasteiger partial charge in [0.1, 0.15) is 0 Å². The van der Waals surface area contributed by atoms with Crippen molar-refractivity contribution in [2.45, 2.75) is 24.9 Å². The van der Waals surface area contributed by atoms with E-state index >= 15 is 0 Å². The number of anilines is 1. The Balaban J connectivity index is 1.62. The molecule has 0 saturated carbocycles. The van der Waals surface area contributed by atoms with E-state index in [1.807, 2.05) is 0 Å². The van der Waals surface area contributed by atoms with E-state index in [-0.39, 0.29) is 11.4 Å². The van der Waals surface area contributed by atoms with E-state index in [1.165, 1.54) is 29.7 Å². The lowest BCUT2D eigenvalue weighted by molar-refractivity contribution is -0.154. The normalized spacial score (nSPS) is 15.7. The number of carbonyl (C=O) groups is 1. The summed E-state index contributed by atoms with van der Waals surface area (Å²) in [5, 5.41) is 6.42. The molecule has 0 bridgehead atoms. The Morgan fingerprint density at radius 2 is 2.12 bits per heavy atom. The predicted molar refractivity (Wildman–Crippen MR) is 90.7 cm³/mol. The third-order valence-corrected chi connectivity index (χ3v) is 4.94. The maximum atomic E-state index is 12.3. The van der Waals surface area contributed by atoms with Crippen molar-refractivity contribution in [3.8, 4) is 5.88 Å². The first-order chi connectivity index (χ1) is 12.4. The molecule has 1 amide bonds. The molecule has 3 heterocycles. The van der Waals surface area contributed by atoms with Crippen LogP contribution in [-0.4, -0.2) is 41.7 Å². The van der Waals surface area contributed by atoms with E-state index < -0.39 is 18.7 Å². The molecule has 0 radical (unpaired) electrons. The Bertz CT molecular complexity index is 760. The highest BCUT2D eigenvalue weighted by Crippen LogP contribution is 2.31. The molecule has 1 aliphatic heterocycles. The molecule has 3 rings (SSSR count). The van der Waals surface area contributed by atoms with Gasteiger partial charge in [0.05, 0.1) is 0 Å². The Morgan fingerprint density at radius 1 is 1.35 bits per heavy atom. The van der Waals surface area contributed by atoms with E-state index in [1.54, 1.807) is 6.20 Å². The minimum Gasteiger partial charge on any atom is -0.468 e. The maximum absolute atomic E-state index is 12.3. The fourth-order valence-corrected chi connectivity index (χ4v) is 3.57. The number of aromatic nitrogens is 2. The second-order valence-corrected chi connectivity index (χ2v) is 6.90. The van der Waals surface area contributed by atoms with Gasteiger partial charge in [-0.1, -0.05) is 0 Å². The molecule has 2 N–H and O–H groups in total. The minimum absolute atomic E-state index is 0.149. The van der Waals surface area contributed by atoms with Crippen molar-refractivity contribution in [2.24, 2.45) is 0 Å². The van der Waals surface area contributed by atoms with Crippen molar-refractivity contribution in [3.63, 3.8) is 0 Å². The van der Waals surface area contributed by atoms with Gasteiger partial charge < -0.3 is 10.1 Å². The van der Waals surface area contributed by atoms with Gasteiger partial charge in [-0.2, -0.15) is 13.2 Å². The zero-order valence-electron chi connectivity index (χ0n) is 13.7. The molecule has 0 aromatic carbocycles. The van der Waals surface area contributed by atoms with Gasteiger partial charge in [-0.05, 0) is 37.9 Å². The maximum Gasteiger partial charge on any atom is 0.422 e. The molecular formula is C16H17F3N4O2S. The van der Waals surface area contributed by atoms with E-state index in [0.717, 1.165) is 30.8 Å². The molecule has 26 heavy (non-hydrogen) atoms. The van der Waals surface area contributed by atoms with Gasteiger partial charge in [-0.25, -0.2) is 9.97 Å². The SMILES string of the molecule is O=C(Nc1ncc(C2CCNCC2)s1)c1ccnc(OCC(F)(F)F)c1. The third kappa shape index (κ3) is 5.15. The fraction of sp³-hybridized carbons (Fsp3) is 0.438. The quantitative estimate of drug-likeness (QED) is 0.825. The van der Waals surface area contributed by atoms with E-state index in [9.17, 15) is 18.0 Å². The molecule has 0 atom stereocenters. The molecule has 1 saturated heterocycles. The van der Waals surface area contributed by atoms with Gasteiger partial charge in [0.2, 0.25) is 5.88 Å². The standard InChI is InChI=1S/C16H17F3N4O2S/c17-16(18,19)9-25-13-7-11(3-6-21-13)14(24)23-15-22-8-12(26-15)10-1-4-20-5-2-10/h3,6-8,10,20H,1-2,4-5,9H2,(H,22,23,24). The molecule has 0 aliphatic carbocycles. The lowest BCUT2D eigenvalue weighted by Gasteiger charge is -2.20. The monoisotopic (exact) mass is 386 g/mol. The van der Waals surface area contributed by atoms with E-state index in [4.69, 9.17) is 0 Å². The second-order valence-electron chi connectivity index (χ2n) is 5.83. The van der Waals surface area contributed by atoms with Gasteiger partial charge in [0.15, 0.2) is 11.7 Å². The molecule has 0 spiro atoms. The van der Waals surface area contributed by atoms with Crippen molar-refractivity contribution in [3.05, 3.63) is 35.0 Å². The highest BCUT2D eigenvalue weighted by Gasteiger charge is 2.28. The predicted octanol–water partition coefficient (Wildman–Crippen LogP) is 3.20. The fourth-order valence-electron chi connectivity index (χ4n) is 2.59. The Labute approximate surface area is 151 Å². The number of nitrogens with zero attached hydrogens (tertiary/aromatic N) is 2. The highest BCUT2D eigenvalue weighted by molar-refractivity contribution is 7.15. The first-order valence-electron chi connectivity index (χ1n) is 8.04. The molecule has 2 aromatic rings. The first-order valence-corrected chi connectivity index (χ1v) is 8.86. The number of rotatable bonds is 5. The number of pyridine rings is 1. The number of hydrogen-bond acceptors (Lipinski definition) is 6. The number of carbonyl (C=O) groups excluding carboxylic acids is 1. The van der Waals surface area contributed by atoms with Crippen LogP contribution in [0.15, 0.2) is 24.5 Å². The molecule has 140 valence electrons. The number of alkyl halides is 3. The van der Waals surface area contributed by atoms with E-state index in [0.29, 0.717) is 11.0 Å². The molecule has 2 aromatic heterocycles. The van der Waals surface area contributed by atoms with Crippen LogP contribution in [0.2, 0.25) is 0 Å². The van der Waals surface area contributed by atoms with Gasteiger partial charge in [-0.3, -0.25) is 10.1 Å². The molecule has 10 heteroatoms. The Kier molecular flexibility index (Phi) is 5.72. The van der Waals surface area contributed by atoms with Crippen molar-refractivity contribution in [1.29, 1.82) is 0 Å². The molecule has 6 nitrogen and oxygen atoms in total. The lowest BCUT2D eigenvalue weighted by Crippen LogP contribution is -2.26. The van der Waals surface area contributed by atoms with Crippen LogP contribution < -0.4 is 15.4 Å². The topological polar surface area (TPSA) is 76.1 Å². The molecule has 1 aliphatic rings. The van der Waals surface area contributed by atoms with Crippen LogP contribution >= 0.6 is 11.3 Å². The number of thiazole rings is 1. The van der Waals surface area contributed by atoms with Crippen molar-refractivity contribution < 1.29 is 22.7 Å². The third-order valence-electron chi connectivity index (χ3n) is 3.87. The summed E-state index contributed by atoms with van der Waals surface area (Å²) in [7, 11) is 0. The summed E-state index contributed by atoms with van der Waals surface area (Å²) >= 11 is 1.41. The van der Waals surface area contributed by atoms with Gasteiger partial charge in [-0.15, -0.1) is 11.3 Å². The number of hydrogen-bond donors (Lipinski definition) is 2. The van der Waals surface area contributed by atoms with Crippen molar-refractivity contribution >= 4 is 22.4 Å². The number of ether oxygens (including phenoxy) is 1. The summed E-state index contributed by atoms with van der Waals surface area (Å²) in [6, 6.07) is 2.57. The summed E-state index contributed by atoms with van der Waals surface area (Å²) in [5.74, 6) is -0.303. The largest absolute Gasteiger partial charge is 0.468 e. The smallest absolute Gasteiger partial charge is 0.422 e. The summed E-state index contributed by atoms with van der Waals surface area (Å²) in [6.07, 6.45) is 0.579. The average molecular weight is 386 g/mol. The van der Waals surface area contributed by atoms with Crippen LogP contribution in [0.25, 0.3) is 0 Å². The molecular weight excluding hydrogens is 369 g/mol. The summed E-state index contributed by atoms with van der Waals surface area (Å²) in [4.78, 5) is 21.3. The zero-order chi connectivity index (χ0) is 18.6. The lowest BCUT2D eigenvalue weighted by atomic mass is 9.97.